The summed E-state index contributed by atoms with van der Waals surface area (Å²) in [6.07, 6.45) is 2.76. The van der Waals surface area contributed by atoms with Gasteiger partial charge in [-0.15, -0.1) is 0 Å². The summed E-state index contributed by atoms with van der Waals surface area (Å²) in [6, 6.07) is 14.3. The summed E-state index contributed by atoms with van der Waals surface area (Å²) in [5.74, 6) is 0.371. The molecule has 238 valence electrons. The summed E-state index contributed by atoms with van der Waals surface area (Å²) in [5, 5.41) is 0. The molecule has 0 bridgehead atoms. The van der Waals surface area contributed by atoms with Crippen molar-refractivity contribution in [3.05, 3.63) is 76.0 Å². The van der Waals surface area contributed by atoms with Crippen LogP contribution in [0.2, 0.25) is 0 Å². The third-order valence-corrected chi connectivity index (χ3v) is 8.81. The fourth-order valence-corrected chi connectivity index (χ4v) is 6.70. The third kappa shape index (κ3) is 7.46. The lowest BCUT2D eigenvalue weighted by atomic mass is 9.80. The SMILES string of the molecule is Cc1cc(C)c(C2=C(OCc3ccccc3)[C@]3(CC[C@H](OCCN4CCN(C(=O)OC(C)(C)C)CC4)CC3)OC2=O)c(C)c1. The van der Waals surface area contributed by atoms with E-state index in [0.717, 1.165) is 54.7 Å². The molecule has 0 atom stereocenters. The van der Waals surface area contributed by atoms with Crippen molar-refractivity contribution in [2.75, 3.05) is 39.3 Å². The zero-order valence-corrected chi connectivity index (χ0v) is 27.2. The molecular formula is C36H48N2O6. The van der Waals surface area contributed by atoms with Crippen LogP contribution in [0, 0.1) is 20.8 Å². The number of piperazine rings is 1. The van der Waals surface area contributed by atoms with Gasteiger partial charge in [0.1, 0.15) is 17.8 Å². The highest BCUT2D eigenvalue weighted by Crippen LogP contribution is 2.48. The summed E-state index contributed by atoms with van der Waals surface area (Å²) in [5.41, 5.74) is 4.55. The van der Waals surface area contributed by atoms with E-state index >= 15 is 0 Å². The van der Waals surface area contributed by atoms with E-state index in [9.17, 15) is 9.59 Å². The van der Waals surface area contributed by atoms with Gasteiger partial charge in [0.25, 0.3) is 0 Å². The predicted octanol–water partition coefficient (Wildman–Crippen LogP) is 6.35. The highest BCUT2D eigenvalue weighted by Gasteiger charge is 2.52. The topological polar surface area (TPSA) is 77.5 Å². The second-order valence-corrected chi connectivity index (χ2v) is 13.5. The number of esters is 1. The minimum Gasteiger partial charge on any atom is -0.488 e. The van der Waals surface area contributed by atoms with E-state index in [0.29, 0.717) is 50.5 Å². The molecule has 2 aliphatic heterocycles. The molecule has 5 rings (SSSR count). The van der Waals surface area contributed by atoms with Crippen molar-refractivity contribution in [2.45, 2.75) is 91.1 Å². The lowest BCUT2D eigenvalue weighted by molar-refractivity contribution is -0.153. The van der Waals surface area contributed by atoms with Crippen LogP contribution in [0.1, 0.15) is 74.3 Å². The molecule has 1 aliphatic carbocycles. The summed E-state index contributed by atoms with van der Waals surface area (Å²) < 4.78 is 24.7. The molecule has 1 amide bonds. The van der Waals surface area contributed by atoms with Crippen LogP contribution >= 0.6 is 0 Å². The van der Waals surface area contributed by atoms with Crippen molar-refractivity contribution < 1.29 is 28.5 Å². The first-order valence-corrected chi connectivity index (χ1v) is 16.0. The van der Waals surface area contributed by atoms with E-state index in [1.807, 2.05) is 51.1 Å². The van der Waals surface area contributed by atoms with Gasteiger partial charge in [0.05, 0.1) is 12.7 Å². The van der Waals surface area contributed by atoms with Gasteiger partial charge in [-0.25, -0.2) is 9.59 Å². The summed E-state index contributed by atoms with van der Waals surface area (Å²) in [6.45, 7) is 16.6. The maximum atomic E-state index is 13.6. The maximum Gasteiger partial charge on any atom is 0.410 e. The monoisotopic (exact) mass is 604 g/mol. The molecular weight excluding hydrogens is 556 g/mol. The number of amides is 1. The molecule has 2 heterocycles. The Morgan fingerprint density at radius 2 is 1.61 bits per heavy atom. The first-order chi connectivity index (χ1) is 20.9. The van der Waals surface area contributed by atoms with Crippen LogP contribution in [0.4, 0.5) is 4.79 Å². The van der Waals surface area contributed by atoms with Crippen LogP contribution in [-0.4, -0.2) is 78.5 Å². The van der Waals surface area contributed by atoms with Crippen molar-refractivity contribution in [1.82, 2.24) is 9.80 Å². The fourth-order valence-electron chi connectivity index (χ4n) is 6.70. The van der Waals surface area contributed by atoms with Crippen LogP contribution in [0.3, 0.4) is 0 Å². The number of rotatable bonds is 8. The molecule has 0 aromatic heterocycles. The van der Waals surface area contributed by atoms with Crippen molar-refractivity contribution in [3.8, 4) is 0 Å². The van der Waals surface area contributed by atoms with Crippen molar-refractivity contribution in [2.24, 2.45) is 0 Å². The van der Waals surface area contributed by atoms with Crippen LogP contribution in [-0.2, 0) is 30.3 Å². The van der Waals surface area contributed by atoms with Crippen molar-refractivity contribution >= 4 is 17.6 Å². The molecule has 8 nitrogen and oxygen atoms in total. The van der Waals surface area contributed by atoms with Gasteiger partial charge in [0.2, 0.25) is 0 Å². The lowest BCUT2D eigenvalue weighted by Crippen LogP contribution is -2.50. The standard InChI is InChI=1S/C36H48N2O6/c1-25-22-26(2)30(27(3)23-25)31-32(42-24-28-10-8-7-9-11-28)36(43-33(31)39)14-12-29(13-15-36)41-21-20-37-16-18-38(19-17-37)34(40)44-35(4,5)6/h7-11,22-23,29H,12-21,24H2,1-6H3/t29-,36+. The molecule has 0 N–H and O–H groups in total. The zero-order chi connectivity index (χ0) is 31.5. The Balaban J connectivity index is 1.21. The Kier molecular flexibility index (Phi) is 9.71. The number of carbonyl (C=O) groups is 2. The molecule has 1 saturated heterocycles. The smallest absolute Gasteiger partial charge is 0.410 e. The zero-order valence-electron chi connectivity index (χ0n) is 27.2. The number of aryl methyl sites for hydroxylation is 3. The number of carbonyl (C=O) groups excluding carboxylic acids is 2. The first-order valence-electron chi connectivity index (χ1n) is 16.0. The molecule has 1 spiro atoms. The molecule has 0 unspecified atom stereocenters. The normalized spacial score (nSPS) is 22.8. The van der Waals surface area contributed by atoms with Crippen molar-refractivity contribution in [3.63, 3.8) is 0 Å². The highest BCUT2D eigenvalue weighted by molar-refractivity contribution is 6.20. The highest BCUT2D eigenvalue weighted by atomic mass is 16.6. The number of benzene rings is 2. The van der Waals surface area contributed by atoms with Crippen LogP contribution in [0.5, 0.6) is 0 Å². The lowest BCUT2D eigenvalue weighted by Gasteiger charge is -2.38. The van der Waals surface area contributed by atoms with Crippen LogP contribution in [0.15, 0.2) is 48.2 Å². The minimum absolute atomic E-state index is 0.102. The van der Waals surface area contributed by atoms with Gasteiger partial charge in [0, 0.05) is 32.7 Å². The Labute approximate surface area is 262 Å². The van der Waals surface area contributed by atoms with E-state index in [1.165, 1.54) is 5.56 Å². The van der Waals surface area contributed by atoms with E-state index in [1.54, 1.807) is 4.90 Å². The first kappa shape index (κ1) is 32.0. The van der Waals surface area contributed by atoms with Crippen molar-refractivity contribution in [1.29, 1.82) is 0 Å². The molecule has 44 heavy (non-hydrogen) atoms. The molecule has 8 heteroatoms. The summed E-state index contributed by atoms with van der Waals surface area (Å²) in [7, 11) is 0. The van der Waals surface area contributed by atoms with Gasteiger partial charge in [-0.3, -0.25) is 4.90 Å². The van der Waals surface area contributed by atoms with E-state index < -0.39 is 11.2 Å². The average Bonchev–Trinajstić information content (AvgIpc) is 3.22. The van der Waals surface area contributed by atoms with E-state index in [-0.39, 0.29) is 18.2 Å². The number of hydrogen-bond donors (Lipinski definition) is 0. The van der Waals surface area contributed by atoms with Gasteiger partial charge < -0.3 is 23.8 Å². The van der Waals surface area contributed by atoms with E-state index in [2.05, 4.69) is 37.8 Å². The number of nitrogens with zero attached hydrogens (tertiary/aromatic N) is 2. The predicted molar refractivity (Wildman–Crippen MR) is 170 cm³/mol. The second-order valence-electron chi connectivity index (χ2n) is 13.5. The van der Waals surface area contributed by atoms with Gasteiger partial charge >= 0.3 is 12.1 Å². The fraction of sp³-hybridized carbons (Fsp3) is 0.556. The second kappa shape index (κ2) is 13.3. The molecule has 2 aromatic rings. The van der Waals surface area contributed by atoms with E-state index in [4.69, 9.17) is 18.9 Å². The summed E-state index contributed by atoms with van der Waals surface area (Å²) >= 11 is 0. The molecule has 1 saturated carbocycles. The molecule has 2 fully saturated rings. The quantitative estimate of drug-likeness (QED) is 0.325. The maximum absolute atomic E-state index is 13.6. The van der Waals surface area contributed by atoms with Gasteiger partial charge in [-0.1, -0.05) is 48.0 Å². The largest absolute Gasteiger partial charge is 0.488 e. The number of hydrogen-bond acceptors (Lipinski definition) is 7. The Hall–Kier alpha value is -3.36. The molecule has 0 radical (unpaired) electrons. The minimum atomic E-state index is -0.775. The molecule has 3 aliphatic rings. The Morgan fingerprint density at radius 1 is 0.977 bits per heavy atom. The Morgan fingerprint density at radius 3 is 2.23 bits per heavy atom. The van der Waals surface area contributed by atoms with Gasteiger partial charge in [-0.05, 0) is 89.5 Å². The molecule has 2 aromatic carbocycles. The van der Waals surface area contributed by atoms with Crippen LogP contribution in [0.25, 0.3) is 5.57 Å². The summed E-state index contributed by atoms with van der Waals surface area (Å²) in [4.78, 5) is 30.1. The van der Waals surface area contributed by atoms with Gasteiger partial charge in [0.15, 0.2) is 11.4 Å². The Bertz CT molecular complexity index is 1340. The number of ether oxygens (including phenoxy) is 4. The van der Waals surface area contributed by atoms with Gasteiger partial charge in [-0.2, -0.15) is 0 Å². The van der Waals surface area contributed by atoms with Crippen LogP contribution < -0.4 is 0 Å². The third-order valence-electron chi connectivity index (χ3n) is 8.81. The average molecular weight is 605 g/mol.